The summed E-state index contributed by atoms with van der Waals surface area (Å²) in [5.74, 6) is 0.249. The largest absolute Gasteiger partial charge is 0.489 e. The van der Waals surface area contributed by atoms with E-state index in [-0.39, 0.29) is 17.7 Å². The Hall–Kier alpha value is -3.12. The van der Waals surface area contributed by atoms with Crippen LogP contribution in [0.15, 0.2) is 57.7 Å². The van der Waals surface area contributed by atoms with Crippen LogP contribution in [-0.2, 0) is 16.1 Å². The van der Waals surface area contributed by atoms with Crippen LogP contribution in [0.2, 0.25) is 0 Å². The van der Waals surface area contributed by atoms with Crippen LogP contribution in [0.5, 0.6) is 5.75 Å². The normalized spacial score (nSPS) is 16.1. The average Bonchev–Trinajstić information content (AvgIpc) is 3.24. The van der Waals surface area contributed by atoms with Crippen molar-refractivity contribution in [3.05, 3.63) is 75.6 Å². The molecule has 1 fully saturated rings. The Bertz CT molecular complexity index is 1060. The second kappa shape index (κ2) is 8.49. The molecule has 0 saturated carbocycles. The van der Waals surface area contributed by atoms with Crippen molar-refractivity contribution in [1.82, 2.24) is 0 Å². The highest BCUT2D eigenvalue weighted by Crippen LogP contribution is 2.23. The summed E-state index contributed by atoms with van der Waals surface area (Å²) in [5, 5.41) is 0.878. The fraction of sp³-hybridized carbons (Fsp3) is 0.304. The van der Waals surface area contributed by atoms with Gasteiger partial charge in [0.25, 0.3) is 0 Å². The first kappa shape index (κ1) is 19.2. The number of carbonyl (C=O) groups excluding carboxylic acids is 1. The van der Waals surface area contributed by atoms with Gasteiger partial charge in [-0.05, 0) is 55.2 Å². The van der Waals surface area contributed by atoms with Gasteiger partial charge in [0.15, 0.2) is 0 Å². The van der Waals surface area contributed by atoms with Crippen molar-refractivity contribution in [2.24, 2.45) is 0 Å². The highest BCUT2D eigenvalue weighted by Gasteiger charge is 2.18. The Morgan fingerprint density at radius 2 is 1.97 bits per heavy atom. The van der Waals surface area contributed by atoms with E-state index in [1.54, 1.807) is 18.2 Å². The number of carbonyl (C=O) groups is 1. The molecule has 6 nitrogen and oxygen atoms in total. The van der Waals surface area contributed by atoms with Crippen molar-refractivity contribution in [3.63, 3.8) is 0 Å². The van der Waals surface area contributed by atoms with Crippen molar-refractivity contribution in [3.8, 4) is 5.75 Å². The Morgan fingerprint density at radius 1 is 1.14 bits per heavy atom. The lowest BCUT2D eigenvalue weighted by atomic mass is 10.1. The molecule has 1 aliphatic heterocycles. The molecule has 1 atom stereocenters. The van der Waals surface area contributed by atoms with Crippen LogP contribution in [0.3, 0.4) is 0 Å². The summed E-state index contributed by atoms with van der Waals surface area (Å²) in [6, 6.07) is 14.0. The molecule has 0 unspecified atom stereocenters. The number of esters is 1. The summed E-state index contributed by atoms with van der Waals surface area (Å²) < 4.78 is 21.8. The molecule has 2 aromatic carbocycles. The molecule has 0 bridgehead atoms. The molecule has 4 rings (SSSR count). The van der Waals surface area contributed by atoms with Crippen molar-refractivity contribution < 1.29 is 23.4 Å². The lowest BCUT2D eigenvalue weighted by Crippen LogP contribution is -2.17. The van der Waals surface area contributed by atoms with Gasteiger partial charge in [0.1, 0.15) is 24.5 Å². The topological polar surface area (TPSA) is 75.0 Å². The minimum absolute atomic E-state index is 0.0155. The Labute approximate surface area is 168 Å². The molecule has 6 heteroatoms. The van der Waals surface area contributed by atoms with Crippen molar-refractivity contribution in [1.29, 1.82) is 0 Å². The van der Waals surface area contributed by atoms with Crippen LogP contribution in [0.1, 0.15) is 34.3 Å². The molecule has 1 aliphatic rings. The van der Waals surface area contributed by atoms with Gasteiger partial charge in [0.05, 0.1) is 11.7 Å². The van der Waals surface area contributed by atoms with Crippen LogP contribution in [-0.4, -0.2) is 25.3 Å². The third-order valence-corrected chi connectivity index (χ3v) is 4.94. The van der Waals surface area contributed by atoms with E-state index in [9.17, 15) is 9.59 Å². The number of ether oxygens (including phenoxy) is 3. The first-order valence-corrected chi connectivity index (χ1v) is 9.63. The number of fused-ring (bicyclic) bond motifs is 1. The molecule has 0 amide bonds. The average molecular weight is 394 g/mol. The van der Waals surface area contributed by atoms with Gasteiger partial charge in [-0.3, -0.25) is 0 Å². The van der Waals surface area contributed by atoms with Crippen LogP contribution < -0.4 is 10.4 Å². The first-order valence-electron chi connectivity index (χ1n) is 9.63. The van der Waals surface area contributed by atoms with Gasteiger partial charge in [-0.2, -0.15) is 0 Å². The number of rotatable bonds is 6. The molecule has 29 heavy (non-hydrogen) atoms. The third-order valence-electron chi connectivity index (χ3n) is 4.94. The van der Waals surface area contributed by atoms with Gasteiger partial charge < -0.3 is 18.6 Å². The lowest BCUT2D eigenvalue weighted by molar-refractivity contribution is 0.0161. The van der Waals surface area contributed by atoms with E-state index in [0.717, 1.165) is 36.0 Å². The highest BCUT2D eigenvalue weighted by molar-refractivity contribution is 5.89. The molecule has 3 aromatic rings. The van der Waals surface area contributed by atoms with Crippen LogP contribution in [0, 0.1) is 6.92 Å². The van der Waals surface area contributed by atoms with E-state index in [1.165, 1.54) is 6.07 Å². The summed E-state index contributed by atoms with van der Waals surface area (Å²) in [5.41, 5.74) is 2.39. The molecule has 0 spiro atoms. The lowest BCUT2D eigenvalue weighted by Gasteiger charge is -2.11. The van der Waals surface area contributed by atoms with Crippen molar-refractivity contribution >= 4 is 16.9 Å². The Kier molecular flexibility index (Phi) is 5.62. The second-order valence-corrected chi connectivity index (χ2v) is 7.13. The zero-order valence-corrected chi connectivity index (χ0v) is 16.2. The maximum Gasteiger partial charge on any atom is 0.338 e. The summed E-state index contributed by atoms with van der Waals surface area (Å²) in [7, 11) is 0. The van der Waals surface area contributed by atoms with E-state index >= 15 is 0 Å². The monoisotopic (exact) mass is 394 g/mol. The predicted octanol–water partition coefficient (Wildman–Crippen LogP) is 4.02. The molecule has 1 aromatic heterocycles. The summed E-state index contributed by atoms with van der Waals surface area (Å²) >= 11 is 0. The minimum atomic E-state index is -0.380. The molecule has 0 N–H and O–H groups in total. The van der Waals surface area contributed by atoms with Gasteiger partial charge in [-0.15, -0.1) is 0 Å². The smallest absolute Gasteiger partial charge is 0.338 e. The maximum absolute atomic E-state index is 12.1. The van der Waals surface area contributed by atoms with E-state index in [1.807, 2.05) is 31.2 Å². The van der Waals surface area contributed by atoms with Crippen LogP contribution in [0.25, 0.3) is 11.0 Å². The van der Waals surface area contributed by atoms with E-state index in [0.29, 0.717) is 30.1 Å². The first-order chi connectivity index (χ1) is 14.1. The standard InChI is InChI=1S/C23H22O6/c1-15-11-22(24)29-21-12-18(8-9-20(15)21)27-13-16-4-6-17(7-5-16)23(25)28-14-19-3-2-10-26-19/h4-9,11-12,19H,2-3,10,13-14H2,1H3/t19-/m0/s1. The molecular formula is C23H22O6. The minimum Gasteiger partial charge on any atom is -0.489 e. The van der Waals surface area contributed by atoms with E-state index in [2.05, 4.69) is 0 Å². The van der Waals surface area contributed by atoms with Gasteiger partial charge in [-0.25, -0.2) is 9.59 Å². The fourth-order valence-corrected chi connectivity index (χ4v) is 3.33. The zero-order valence-electron chi connectivity index (χ0n) is 16.2. The number of aryl methyl sites for hydroxylation is 1. The predicted molar refractivity (Wildman–Crippen MR) is 107 cm³/mol. The van der Waals surface area contributed by atoms with Gasteiger partial charge in [0.2, 0.25) is 0 Å². The fourth-order valence-electron chi connectivity index (χ4n) is 3.33. The SMILES string of the molecule is Cc1cc(=O)oc2cc(OCc3ccc(C(=O)OC[C@@H]4CCCO4)cc3)ccc12. The number of hydrogen-bond acceptors (Lipinski definition) is 6. The summed E-state index contributed by atoms with van der Waals surface area (Å²) in [4.78, 5) is 23.7. The van der Waals surface area contributed by atoms with Gasteiger partial charge in [-0.1, -0.05) is 12.1 Å². The summed E-state index contributed by atoms with van der Waals surface area (Å²) in [6.45, 7) is 3.22. The Balaban J connectivity index is 1.35. The van der Waals surface area contributed by atoms with Crippen molar-refractivity contribution in [2.75, 3.05) is 13.2 Å². The number of hydrogen-bond donors (Lipinski definition) is 0. The molecular weight excluding hydrogens is 372 g/mol. The zero-order chi connectivity index (χ0) is 20.2. The third kappa shape index (κ3) is 4.66. The van der Waals surface area contributed by atoms with Crippen LogP contribution >= 0.6 is 0 Å². The van der Waals surface area contributed by atoms with Crippen LogP contribution in [0.4, 0.5) is 0 Å². The molecule has 150 valence electrons. The quantitative estimate of drug-likeness (QED) is 0.464. The number of benzene rings is 2. The van der Waals surface area contributed by atoms with Crippen molar-refractivity contribution in [2.45, 2.75) is 32.5 Å². The van der Waals surface area contributed by atoms with Gasteiger partial charge >= 0.3 is 11.6 Å². The van der Waals surface area contributed by atoms with Gasteiger partial charge in [0, 0.05) is 24.1 Å². The van der Waals surface area contributed by atoms with E-state index in [4.69, 9.17) is 18.6 Å². The molecule has 2 heterocycles. The molecule has 1 saturated heterocycles. The summed E-state index contributed by atoms with van der Waals surface area (Å²) in [6.07, 6.45) is 1.96. The molecule has 0 radical (unpaired) electrons. The highest BCUT2D eigenvalue weighted by atomic mass is 16.6. The maximum atomic E-state index is 12.1. The second-order valence-electron chi connectivity index (χ2n) is 7.13. The Morgan fingerprint density at radius 3 is 2.72 bits per heavy atom. The molecule has 0 aliphatic carbocycles. The van der Waals surface area contributed by atoms with E-state index < -0.39 is 0 Å².